The Balaban J connectivity index is 2.36. The zero-order chi connectivity index (χ0) is 13.6. The molecule has 2 nitrogen and oxygen atoms in total. The second kappa shape index (κ2) is 4.84. The van der Waals surface area contributed by atoms with E-state index in [1.54, 1.807) is 12.1 Å². The van der Waals surface area contributed by atoms with Crippen molar-refractivity contribution in [3.63, 3.8) is 0 Å². The number of aromatic amines is 1. The highest BCUT2D eigenvalue weighted by Gasteiger charge is 2.10. The van der Waals surface area contributed by atoms with Crippen LogP contribution in [0.2, 0.25) is 15.1 Å². The number of nitrogens with zero attached hydrogens (tertiary/aromatic N) is 1. The van der Waals surface area contributed by atoms with Gasteiger partial charge in [0.25, 0.3) is 0 Å². The van der Waals surface area contributed by atoms with Crippen LogP contribution in [-0.4, -0.2) is 9.55 Å². The minimum atomic E-state index is 0.541. The van der Waals surface area contributed by atoms with Gasteiger partial charge in [-0.05, 0) is 48.6 Å². The summed E-state index contributed by atoms with van der Waals surface area (Å²) in [5, 5.41) is 1.78. The van der Waals surface area contributed by atoms with Gasteiger partial charge in [0, 0.05) is 10.0 Å². The lowest BCUT2D eigenvalue weighted by atomic mass is 10.3. The third kappa shape index (κ3) is 2.28. The van der Waals surface area contributed by atoms with Gasteiger partial charge in [0.1, 0.15) is 0 Å². The van der Waals surface area contributed by atoms with Crippen LogP contribution in [0.25, 0.3) is 16.7 Å². The van der Waals surface area contributed by atoms with Crippen LogP contribution in [0.4, 0.5) is 0 Å². The number of H-pyrrole nitrogens is 1. The number of benzene rings is 2. The van der Waals surface area contributed by atoms with Crippen molar-refractivity contribution in [3.05, 3.63) is 56.2 Å². The fourth-order valence-corrected chi connectivity index (χ4v) is 2.96. The van der Waals surface area contributed by atoms with Crippen molar-refractivity contribution in [2.24, 2.45) is 0 Å². The minimum absolute atomic E-state index is 0.541. The van der Waals surface area contributed by atoms with Gasteiger partial charge in [-0.25, -0.2) is 0 Å². The van der Waals surface area contributed by atoms with E-state index >= 15 is 0 Å². The predicted molar refractivity (Wildman–Crippen MR) is 83.5 cm³/mol. The first-order chi connectivity index (χ1) is 9.06. The highest BCUT2D eigenvalue weighted by molar-refractivity contribution is 7.71. The first-order valence-corrected chi connectivity index (χ1v) is 6.96. The van der Waals surface area contributed by atoms with E-state index in [2.05, 4.69) is 4.98 Å². The summed E-state index contributed by atoms with van der Waals surface area (Å²) in [7, 11) is 0. The van der Waals surface area contributed by atoms with Crippen LogP contribution in [0.3, 0.4) is 0 Å². The molecule has 1 heterocycles. The van der Waals surface area contributed by atoms with E-state index in [-0.39, 0.29) is 0 Å². The molecule has 0 amide bonds. The smallest absolute Gasteiger partial charge is 0.182 e. The number of nitrogens with one attached hydrogen (secondary N) is 1. The highest BCUT2D eigenvalue weighted by Crippen LogP contribution is 2.28. The fourth-order valence-electron chi connectivity index (χ4n) is 1.99. The van der Waals surface area contributed by atoms with Gasteiger partial charge >= 0.3 is 0 Å². The lowest BCUT2D eigenvalue weighted by Crippen LogP contribution is -1.94. The first kappa shape index (κ1) is 13.0. The van der Waals surface area contributed by atoms with Gasteiger partial charge in [-0.3, -0.25) is 4.57 Å². The average Bonchev–Trinajstić information content (AvgIpc) is 2.65. The Morgan fingerprint density at radius 2 is 1.63 bits per heavy atom. The maximum absolute atomic E-state index is 6.23. The highest BCUT2D eigenvalue weighted by atomic mass is 35.5. The molecule has 0 radical (unpaired) electrons. The standard InChI is InChI=1S/C13H7Cl3N2S/c14-7-1-3-11(9(16)5-7)18-12-4-2-8(15)6-10(12)17-13(18)19/h1-6H,(H,17,19). The monoisotopic (exact) mass is 328 g/mol. The lowest BCUT2D eigenvalue weighted by Gasteiger charge is -2.07. The van der Waals surface area contributed by atoms with Crippen LogP contribution in [0, 0.1) is 4.77 Å². The Morgan fingerprint density at radius 1 is 0.947 bits per heavy atom. The average molecular weight is 330 g/mol. The molecule has 0 saturated carbocycles. The Kier molecular flexibility index (Phi) is 3.31. The third-order valence-corrected chi connectivity index (χ3v) is 3.85. The number of hydrogen-bond acceptors (Lipinski definition) is 1. The largest absolute Gasteiger partial charge is 0.330 e. The van der Waals surface area contributed by atoms with Gasteiger partial charge in [-0.2, -0.15) is 0 Å². The van der Waals surface area contributed by atoms with Crippen molar-refractivity contribution < 1.29 is 0 Å². The first-order valence-electron chi connectivity index (χ1n) is 5.42. The Hall–Kier alpha value is -1.000. The molecule has 0 unspecified atom stereocenters. The van der Waals surface area contributed by atoms with Crippen molar-refractivity contribution in [2.75, 3.05) is 0 Å². The summed E-state index contributed by atoms with van der Waals surface area (Å²) >= 11 is 23.5. The van der Waals surface area contributed by atoms with E-state index in [9.17, 15) is 0 Å². The van der Waals surface area contributed by atoms with Crippen LogP contribution in [0.5, 0.6) is 0 Å². The molecule has 0 fully saturated rings. The molecule has 0 aliphatic carbocycles. The topological polar surface area (TPSA) is 20.7 Å². The number of imidazole rings is 1. The molecular formula is C13H7Cl3N2S. The van der Waals surface area contributed by atoms with Crippen LogP contribution in [-0.2, 0) is 0 Å². The predicted octanol–water partition coefficient (Wildman–Crippen LogP) is 5.65. The molecule has 2 aromatic carbocycles. The van der Waals surface area contributed by atoms with Gasteiger partial charge in [0.2, 0.25) is 0 Å². The van der Waals surface area contributed by atoms with Gasteiger partial charge < -0.3 is 4.98 Å². The summed E-state index contributed by atoms with van der Waals surface area (Å²) in [6.45, 7) is 0. The number of aromatic nitrogens is 2. The zero-order valence-corrected chi connectivity index (χ0v) is 12.5. The Morgan fingerprint density at radius 3 is 2.37 bits per heavy atom. The summed E-state index contributed by atoms with van der Waals surface area (Å²) < 4.78 is 2.42. The normalized spacial score (nSPS) is 11.1. The second-order valence-electron chi connectivity index (χ2n) is 4.02. The van der Waals surface area contributed by atoms with Crippen LogP contribution < -0.4 is 0 Å². The number of halogens is 3. The summed E-state index contributed by atoms with van der Waals surface area (Å²) in [4.78, 5) is 3.11. The number of rotatable bonds is 1. The van der Waals surface area contributed by atoms with E-state index in [1.165, 1.54) is 0 Å². The van der Waals surface area contributed by atoms with Crippen molar-refractivity contribution in [3.8, 4) is 5.69 Å². The van der Waals surface area contributed by atoms with E-state index in [0.717, 1.165) is 16.7 Å². The molecular weight excluding hydrogens is 323 g/mol. The molecule has 0 saturated heterocycles. The summed E-state index contributed by atoms with van der Waals surface area (Å²) in [5.74, 6) is 0. The fraction of sp³-hybridized carbons (Fsp3) is 0. The molecule has 1 N–H and O–H groups in total. The maximum atomic E-state index is 6.23. The molecule has 1 aromatic heterocycles. The summed E-state index contributed by atoms with van der Waals surface area (Å²) in [6, 6.07) is 10.8. The third-order valence-electron chi connectivity index (χ3n) is 2.79. The second-order valence-corrected chi connectivity index (χ2v) is 5.69. The summed E-state index contributed by atoms with van der Waals surface area (Å²) in [6.07, 6.45) is 0. The number of hydrogen-bond donors (Lipinski definition) is 1. The van der Waals surface area contributed by atoms with Crippen LogP contribution in [0.1, 0.15) is 0 Å². The molecule has 3 aromatic rings. The molecule has 96 valence electrons. The zero-order valence-electron chi connectivity index (χ0n) is 9.45. The SMILES string of the molecule is S=c1[nH]c2cc(Cl)ccc2n1-c1ccc(Cl)cc1Cl. The molecule has 0 aliphatic rings. The molecule has 0 spiro atoms. The van der Waals surface area contributed by atoms with Crippen molar-refractivity contribution in [1.82, 2.24) is 9.55 Å². The van der Waals surface area contributed by atoms with Gasteiger partial charge in [-0.1, -0.05) is 34.8 Å². The number of fused-ring (bicyclic) bond motifs is 1. The van der Waals surface area contributed by atoms with Crippen LogP contribution >= 0.6 is 47.0 Å². The molecule has 19 heavy (non-hydrogen) atoms. The van der Waals surface area contributed by atoms with E-state index in [4.69, 9.17) is 47.0 Å². The quantitative estimate of drug-likeness (QED) is 0.572. The van der Waals surface area contributed by atoms with E-state index < -0.39 is 0 Å². The molecule has 0 bridgehead atoms. The van der Waals surface area contributed by atoms with Gasteiger partial charge in [0.05, 0.1) is 21.7 Å². The lowest BCUT2D eigenvalue weighted by molar-refractivity contribution is 1.07. The minimum Gasteiger partial charge on any atom is -0.330 e. The van der Waals surface area contributed by atoms with E-state index in [1.807, 2.05) is 28.8 Å². The van der Waals surface area contributed by atoms with Crippen molar-refractivity contribution >= 4 is 58.1 Å². The molecule has 6 heteroatoms. The van der Waals surface area contributed by atoms with Crippen molar-refractivity contribution in [1.29, 1.82) is 0 Å². The molecule has 3 rings (SSSR count). The van der Waals surface area contributed by atoms with Crippen LogP contribution in [0.15, 0.2) is 36.4 Å². The van der Waals surface area contributed by atoms with Gasteiger partial charge in [-0.15, -0.1) is 0 Å². The molecule has 0 atom stereocenters. The van der Waals surface area contributed by atoms with Gasteiger partial charge in [0.15, 0.2) is 4.77 Å². The Labute approximate surface area is 129 Å². The Bertz CT molecular complexity index is 836. The van der Waals surface area contributed by atoms with E-state index in [0.29, 0.717) is 19.8 Å². The molecule has 0 aliphatic heterocycles. The maximum Gasteiger partial charge on any atom is 0.182 e. The summed E-state index contributed by atoms with van der Waals surface area (Å²) in [5.41, 5.74) is 2.56. The van der Waals surface area contributed by atoms with Crippen molar-refractivity contribution in [2.45, 2.75) is 0 Å².